The third kappa shape index (κ3) is 4.56. The number of carbonyl (C=O) groups is 1. The molecular formula is C8H15NO2. The summed E-state index contributed by atoms with van der Waals surface area (Å²) in [6.07, 6.45) is 1.71. The molecule has 0 aromatic heterocycles. The molecule has 0 heterocycles. The first-order valence-corrected chi connectivity index (χ1v) is 3.63. The molecule has 0 spiro atoms. The van der Waals surface area contributed by atoms with Gasteiger partial charge in [0.05, 0.1) is 0 Å². The van der Waals surface area contributed by atoms with Crippen LogP contribution in [0.15, 0.2) is 11.6 Å². The summed E-state index contributed by atoms with van der Waals surface area (Å²) >= 11 is 0. The Kier molecular flexibility index (Phi) is 4.54. The number of nitrogens with two attached hydrogens (primary N) is 1. The van der Waals surface area contributed by atoms with Crippen molar-refractivity contribution < 1.29 is 9.53 Å². The molecule has 11 heavy (non-hydrogen) atoms. The molecule has 0 radical (unpaired) electrons. The van der Waals surface area contributed by atoms with E-state index in [9.17, 15) is 4.79 Å². The van der Waals surface area contributed by atoms with Gasteiger partial charge in [0, 0.05) is 11.6 Å². The van der Waals surface area contributed by atoms with Gasteiger partial charge in [-0.15, -0.1) is 0 Å². The molecule has 1 unspecified atom stereocenters. The van der Waals surface area contributed by atoms with Gasteiger partial charge < -0.3 is 10.5 Å². The van der Waals surface area contributed by atoms with Gasteiger partial charge in [-0.2, -0.15) is 0 Å². The van der Waals surface area contributed by atoms with Gasteiger partial charge in [0.2, 0.25) is 0 Å². The smallest absolute Gasteiger partial charge is 0.333 e. The van der Waals surface area contributed by atoms with Crippen LogP contribution in [0.5, 0.6) is 0 Å². The second-order valence-corrected chi connectivity index (χ2v) is 2.55. The third-order valence-corrected chi connectivity index (χ3v) is 1.23. The predicted octanol–water partition coefficient (Wildman–Crippen LogP) is 0.843. The summed E-state index contributed by atoms with van der Waals surface area (Å²) in [6.45, 7) is 5.58. The number of hydrogen-bond acceptors (Lipinski definition) is 3. The monoisotopic (exact) mass is 157 g/mol. The molecule has 3 nitrogen and oxygen atoms in total. The van der Waals surface area contributed by atoms with E-state index in [1.807, 2.05) is 0 Å². The number of ether oxygens (including phenoxy) is 1. The molecule has 0 aliphatic carbocycles. The fraction of sp³-hybridized carbons (Fsp3) is 0.625. The highest BCUT2D eigenvalue weighted by atomic mass is 16.5. The highest BCUT2D eigenvalue weighted by Gasteiger charge is 2.04. The molecule has 0 bridgehead atoms. The van der Waals surface area contributed by atoms with E-state index in [2.05, 4.69) is 0 Å². The van der Waals surface area contributed by atoms with Gasteiger partial charge in [-0.1, -0.05) is 6.08 Å². The molecule has 0 aliphatic rings. The molecule has 1 atom stereocenters. The standard InChI is InChI=1S/C8H15NO2/c1-4-6(2)8(10)11-5-7(3)9/h4,7H,5,9H2,1-3H3/b6-4+. The zero-order valence-corrected chi connectivity index (χ0v) is 7.26. The molecule has 0 aromatic carbocycles. The highest BCUT2D eigenvalue weighted by Crippen LogP contribution is 1.95. The average molecular weight is 157 g/mol. The SMILES string of the molecule is C/C=C(\C)C(=O)OCC(C)N. The molecular weight excluding hydrogens is 142 g/mol. The predicted molar refractivity (Wildman–Crippen MR) is 44.0 cm³/mol. The lowest BCUT2D eigenvalue weighted by atomic mass is 10.3. The number of hydrogen-bond donors (Lipinski definition) is 1. The first kappa shape index (κ1) is 10.2. The Morgan fingerprint density at radius 2 is 2.27 bits per heavy atom. The van der Waals surface area contributed by atoms with E-state index in [0.29, 0.717) is 5.57 Å². The van der Waals surface area contributed by atoms with Crippen LogP contribution in [0.25, 0.3) is 0 Å². The van der Waals surface area contributed by atoms with Crippen LogP contribution in [0.3, 0.4) is 0 Å². The van der Waals surface area contributed by atoms with Gasteiger partial charge in [-0.25, -0.2) is 4.79 Å². The number of esters is 1. The summed E-state index contributed by atoms with van der Waals surface area (Å²) in [6, 6.07) is -0.0939. The summed E-state index contributed by atoms with van der Waals surface area (Å²) < 4.78 is 4.82. The van der Waals surface area contributed by atoms with Crippen LogP contribution in [-0.4, -0.2) is 18.6 Å². The van der Waals surface area contributed by atoms with E-state index in [-0.39, 0.29) is 18.6 Å². The molecule has 2 N–H and O–H groups in total. The molecule has 0 rings (SSSR count). The zero-order chi connectivity index (χ0) is 8.85. The lowest BCUT2D eigenvalue weighted by Gasteiger charge is -2.06. The maximum Gasteiger partial charge on any atom is 0.333 e. The molecule has 0 saturated carbocycles. The third-order valence-electron chi connectivity index (χ3n) is 1.23. The van der Waals surface area contributed by atoms with Crippen LogP contribution < -0.4 is 5.73 Å². The van der Waals surface area contributed by atoms with Crippen molar-refractivity contribution in [3.05, 3.63) is 11.6 Å². The Bertz CT molecular complexity index is 161. The van der Waals surface area contributed by atoms with Crippen molar-refractivity contribution >= 4 is 5.97 Å². The second-order valence-electron chi connectivity index (χ2n) is 2.55. The van der Waals surface area contributed by atoms with E-state index in [1.54, 1.807) is 26.8 Å². The summed E-state index contributed by atoms with van der Waals surface area (Å²) in [7, 11) is 0. The minimum absolute atomic E-state index is 0.0939. The van der Waals surface area contributed by atoms with Crippen LogP contribution >= 0.6 is 0 Å². The zero-order valence-electron chi connectivity index (χ0n) is 7.26. The van der Waals surface area contributed by atoms with Gasteiger partial charge >= 0.3 is 5.97 Å². The molecule has 0 aliphatic heterocycles. The summed E-state index contributed by atoms with van der Waals surface area (Å²) in [4.78, 5) is 10.9. The Labute approximate surface area is 67.2 Å². The normalized spacial score (nSPS) is 14.4. The van der Waals surface area contributed by atoms with Crippen molar-refractivity contribution in [2.45, 2.75) is 26.8 Å². The van der Waals surface area contributed by atoms with Gasteiger partial charge in [0.15, 0.2) is 0 Å². The molecule has 0 amide bonds. The topological polar surface area (TPSA) is 52.3 Å². The average Bonchev–Trinajstić information content (AvgIpc) is 1.98. The lowest BCUT2D eigenvalue weighted by molar-refractivity contribution is -0.139. The van der Waals surface area contributed by atoms with E-state index in [4.69, 9.17) is 10.5 Å². The van der Waals surface area contributed by atoms with Crippen LogP contribution in [-0.2, 0) is 9.53 Å². The first-order valence-electron chi connectivity index (χ1n) is 3.63. The maximum absolute atomic E-state index is 10.9. The Morgan fingerprint density at radius 1 is 1.73 bits per heavy atom. The van der Waals surface area contributed by atoms with Crippen LogP contribution in [0, 0.1) is 0 Å². The van der Waals surface area contributed by atoms with Gasteiger partial charge in [0.1, 0.15) is 6.61 Å². The fourth-order valence-electron chi connectivity index (χ4n) is 0.439. The van der Waals surface area contributed by atoms with Crippen molar-refractivity contribution in [2.75, 3.05) is 6.61 Å². The van der Waals surface area contributed by atoms with E-state index < -0.39 is 0 Å². The molecule has 0 saturated heterocycles. The minimum atomic E-state index is -0.287. The van der Waals surface area contributed by atoms with E-state index in [1.165, 1.54) is 0 Å². The molecule has 0 fully saturated rings. The van der Waals surface area contributed by atoms with Crippen molar-refractivity contribution in [1.29, 1.82) is 0 Å². The summed E-state index contributed by atoms with van der Waals surface area (Å²) in [5.74, 6) is -0.287. The summed E-state index contributed by atoms with van der Waals surface area (Å²) in [5, 5.41) is 0. The van der Waals surface area contributed by atoms with Crippen LogP contribution in [0.1, 0.15) is 20.8 Å². The number of allylic oxidation sites excluding steroid dienone is 1. The van der Waals surface area contributed by atoms with Crippen molar-refractivity contribution in [3.8, 4) is 0 Å². The van der Waals surface area contributed by atoms with Gasteiger partial charge in [-0.3, -0.25) is 0 Å². The van der Waals surface area contributed by atoms with E-state index >= 15 is 0 Å². The van der Waals surface area contributed by atoms with Crippen LogP contribution in [0.2, 0.25) is 0 Å². The number of carbonyl (C=O) groups excluding carboxylic acids is 1. The van der Waals surface area contributed by atoms with E-state index in [0.717, 1.165) is 0 Å². The Morgan fingerprint density at radius 3 is 2.64 bits per heavy atom. The summed E-state index contributed by atoms with van der Waals surface area (Å²) in [5.41, 5.74) is 6.00. The minimum Gasteiger partial charge on any atom is -0.461 e. The molecule has 64 valence electrons. The second kappa shape index (κ2) is 4.91. The highest BCUT2D eigenvalue weighted by molar-refractivity contribution is 5.87. The largest absolute Gasteiger partial charge is 0.461 e. The van der Waals surface area contributed by atoms with Crippen molar-refractivity contribution in [1.82, 2.24) is 0 Å². The van der Waals surface area contributed by atoms with Gasteiger partial charge in [-0.05, 0) is 20.8 Å². The first-order chi connectivity index (χ1) is 5.07. The quantitative estimate of drug-likeness (QED) is 0.488. The Hall–Kier alpha value is -0.830. The van der Waals surface area contributed by atoms with Crippen LogP contribution in [0.4, 0.5) is 0 Å². The van der Waals surface area contributed by atoms with Crippen molar-refractivity contribution in [2.24, 2.45) is 5.73 Å². The fourth-order valence-corrected chi connectivity index (χ4v) is 0.439. The molecule has 3 heteroatoms. The Balaban J connectivity index is 3.71. The van der Waals surface area contributed by atoms with Crippen molar-refractivity contribution in [3.63, 3.8) is 0 Å². The lowest BCUT2D eigenvalue weighted by Crippen LogP contribution is -2.24. The number of rotatable bonds is 3. The maximum atomic E-state index is 10.9. The van der Waals surface area contributed by atoms with Gasteiger partial charge in [0.25, 0.3) is 0 Å². The molecule has 0 aromatic rings.